The van der Waals surface area contributed by atoms with Gasteiger partial charge in [-0.2, -0.15) is 4.39 Å². The summed E-state index contributed by atoms with van der Waals surface area (Å²) in [5.41, 5.74) is 0.501. The molecule has 3 saturated carbocycles. The largest absolute Gasteiger partial charge is 0.491 e. The lowest BCUT2D eigenvalue weighted by Gasteiger charge is -2.38. The van der Waals surface area contributed by atoms with Crippen molar-refractivity contribution in [2.24, 2.45) is 23.7 Å². The van der Waals surface area contributed by atoms with E-state index >= 15 is 0 Å². The van der Waals surface area contributed by atoms with E-state index in [0.717, 1.165) is 50.0 Å². The van der Waals surface area contributed by atoms with Gasteiger partial charge in [-0.05, 0) is 112 Å². The number of hydrogen-bond acceptors (Lipinski definition) is 2. The second-order valence-corrected chi connectivity index (χ2v) is 11.4. The topological polar surface area (TPSA) is 18.5 Å². The van der Waals surface area contributed by atoms with E-state index in [9.17, 15) is 8.78 Å². The minimum absolute atomic E-state index is 0.0136. The smallest absolute Gasteiger partial charge is 0.200 e. The maximum absolute atomic E-state index is 14.6. The molecule has 0 atom stereocenters. The molecule has 4 rings (SSSR count). The third kappa shape index (κ3) is 6.53. The quantitative estimate of drug-likeness (QED) is 0.354. The minimum atomic E-state index is -0.845. The average molecular weight is 477 g/mol. The van der Waals surface area contributed by atoms with Crippen LogP contribution in [0.5, 0.6) is 5.75 Å². The fourth-order valence-corrected chi connectivity index (χ4v) is 7.12. The van der Waals surface area contributed by atoms with Gasteiger partial charge in [0, 0.05) is 6.61 Å². The molecule has 3 aliphatic rings. The first-order valence-corrected chi connectivity index (χ1v) is 14.3. The van der Waals surface area contributed by atoms with Crippen LogP contribution in [0.25, 0.3) is 0 Å². The summed E-state index contributed by atoms with van der Waals surface area (Å²) in [5.74, 6) is 2.17. The van der Waals surface area contributed by atoms with E-state index in [2.05, 4.69) is 6.92 Å². The Morgan fingerprint density at radius 1 is 0.735 bits per heavy atom. The fraction of sp³-hybridized carbons (Fsp3) is 0.800. The van der Waals surface area contributed by atoms with Crippen molar-refractivity contribution >= 4 is 0 Å². The summed E-state index contributed by atoms with van der Waals surface area (Å²) < 4.78 is 40.4. The molecule has 0 saturated heterocycles. The van der Waals surface area contributed by atoms with Crippen molar-refractivity contribution < 1.29 is 18.3 Å². The molecule has 1 aromatic carbocycles. The Kier molecular flexibility index (Phi) is 9.68. The van der Waals surface area contributed by atoms with Gasteiger partial charge in [0.05, 0.1) is 12.7 Å². The van der Waals surface area contributed by atoms with Gasteiger partial charge in [-0.25, -0.2) is 4.39 Å². The molecule has 0 unspecified atom stereocenters. The van der Waals surface area contributed by atoms with Crippen LogP contribution < -0.4 is 4.74 Å². The third-order valence-electron chi connectivity index (χ3n) is 9.20. The maximum atomic E-state index is 14.6. The van der Waals surface area contributed by atoms with Crippen molar-refractivity contribution in [3.63, 3.8) is 0 Å². The van der Waals surface area contributed by atoms with Crippen LogP contribution in [0.15, 0.2) is 12.1 Å². The highest BCUT2D eigenvalue weighted by Crippen LogP contribution is 2.43. The van der Waals surface area contributed by atoms with E-state index in [4.69, 9.17) is 9.47 Å². The van der Waals surface area contributed by atoms with Gasteiger partial charge >= 0.3 is 0 Å². The highest BCUT2D eigenvalue weighted by molar-refractivity contribution is 5.33. The molecule has 0 radical (unpaired) electrons. The lowest BCUT2D eigenvalue weighted by atomic mass is 9.69. The summed E-state index contributed by atoms with van der Waals surface area (Å²) in [6.45, 7) is 5.32. The zero-order valence-corrected chi connectivity index (χ0v) is 21.5. The lowest BCUT2D eigenvalue weighted by molar-refractivity contribution is -0.00790. The Hall–Kier alpha value is -1.16. The minimum Gasteiger partial charge on any atom is -0.491 e. The van der Waals surface area contributed by atoms with Crippen LogP contribution >= 0.6 is 0 Å². The molecule has 0 amide bonds. The molecule has 3 aliphatic carbocycles. The third-order valence-corrected chi connectivity index (χ3v) is 9.20. The first-order chi connectivity index (χ1) is 16.6. The molecule has 0 spiro atoms. The summed E-state index contributed by atoms with van der Waals surface area (Å²) >= 11 is 0. The van der Waals surface area contributed by atoms with Gasteiger partial charge in [0.15, 0.2) is 11.6 Å². The molecule has 2 nitrogen and oxygen atoms in total. The van der Waals surface area contributed by atoms with E-state index < -0.39 is 11.6 Å². The molecule has 0 aromatic heterocycles. The average Bonchev–Trinajstić information content (AvgIpc) is 2.87. The van der Waals surface area contributed by atoms with E-state index in [1.807, 2.05) is 0 Å². The number of rotatable bonds is 9. The normalized spacial score (nSPS) is 32.5. The van der Waals surface area contributed by atoms with Crippen molar-refractivity contribution in [3.05, 3.63) is 29.3 Å². The fourth-order valence-electron chi connectivity index (χ4n) is 7.12. The summed E-state index contributed by atoms with van der Waals surface area (Å²) in [4.78, 5) is 0. The Morgan fingerprint density at radius 2 is 1.35 bits per heavy atom. The first-order valence-electron chi connectivity index (χ1n) is 14.3. The second-order valence-electron chi connectivity index (χ2n) is 11.4. The zero-order chi connectivity index (χ0) is 23.9. The van der Waals surface area contributed by atoms with Crippen molar-refractivity contribution in [1.82, 2.24) is 0 Å². The van der Waals surface area contributed by atoms with Crippen molar-refractivity contribution in [2.75, 3.05) is 13.2 Å². The molecule has 1 aromatic rings. The molecule has 0 bridgehead atoms. The van der Waals surface area contributed by atoms with Crippen LogP contribution in [-0.4, -0.2) is 19.3 Å². The molecule has 0 N–H and O–H groups in total. The van der Waals surface area contributed by atoms with Gasteiger partial charge < -0.3 is 9.47 Å². The Labute approximate surface area is 206 Å². The number of halogens is 2. The van der Waals surface area contributed by atoms with Gasteiger partial charge in [-0.1, -0.05) is 38.7 Å². The predicted octanol–water partition coefficient (Wildman–Crippen LogP) is 8.82. The number of ether oxygens (including phenoxy) is 2. The van der Waals surface area contributed by atoms with Gasteiger partial charge in [0.2, 0.25) is 5.82 Å². The molecule has 34 heavy (non-hydrogen) atoms. The van der Waals surface area contributed by atoms with E-state index in [1.165, 1.54) is 64.2 Å². The van der Waals surface area contributed by atoms with Crippen LogP contribution in [-0.2, 0) is 4.74 Å². The summed E-state index contributed by atoms with van der Waals surface area (Å²) in [5, 5.41) is 0. The van der Waals surface area contributed by atoms with E-state index in [0.29, 0.717) is 18.1 Å². The Balaban J connectivity index is 1.15. The highest BCUT2D eigenvalue weighted by Gasteiger charge is 2.32. The van der Waals surface area contributed by atoms with E-state index in [-0.39, 0.29) is 17.8 Å². The summed E-state index contributed by atoms with van der Waals surface area (Å²) in [6, 6.07) is 3.29. The molecule has 0 heterocycles. The SMILES string of the molecule is CCCC1CCC(C2CCC(COC3CCC(c4ccc(OCC)c(F)c4F)CC3)CC2)CC1. The molecule has 4 heteroatoms. The molecule has 0 aliphatic heterocycles. The zero-order valence-electron chi connectivity index (χ0n) is 21.5. The first kappa shape index (κ1) is 25.9. The lowest BCUT2D eigenvalue weighted by Crippen LogP contribution is -2.29. The van der Waals surface area contributed by atoms with Gasteiger partial charge in [-0.15, -0.1) is 0 Å². The van der Waals surface area contributed by atoms with Crippen LogP contribution in [0.2, 0.25) is 0 Å². The molecule has 192 valence electrons. The van der Waals surface area contributed by atoms with Crippen molar-refractivity contribution in [3.8, 4) is 5.75 Å². The van der Waals surface area contributed by atoms with Crippen LogP contribution in [0.4, 0.5) is 8.78 Å². The van der Waals surface area contributed by atoms with Crippen LogP contribution in [0.3, 0.4) is 0 Å². The summed E-state index contributed by atoms with van der Waals surface area (Å²) in [7, 11) is 0. The van der Waals surface area contributed by atoms with Gasteiger partial charge in [0.25, 0.3) is 0 Å². The Morgan fingerprint density at radius 3 is 1.94 bits per heavy atom. The van der Waals surface area contributed by atoms with Gasteiger partial charge in [0.1, 0.15) is 0 Å². The monoisotopic (exact) mass is 476 g/mol. The van der Waals surface area contributed by atoms with Crippen LogP contribution in [0.1, 0.15) is 115 Å². The van der Waals surface area contributed by atoms with E-state index in [1.54, 1.807) is 19.1 Å². The van der Waals surface area contributed by atoms with Crippen molar-refractivity contribution in [1.29, 1.82) is 0 Å². The van der Waals surface area contributed by atoms with Gasteiger partial charge in [-0.3, -0.25) is 0 Å². The molecular formula is C30H46F2O2. The second kappa shape index (κ2) is 12.7. The predicted molar refractivity (Wildman–Crippen MR) is 134 cm³/mol. The molecular weight excluding hydrogens is 430 g/mol. The standard InChI is InChI=1S/C30H46F2O2/c1-3-5-21-6-10-23(11-7-21)24-12-8-22(9-13-24)20-34-26-16-14-25(15-17-26)27-18-19-28(33-4-2)30(32)29(27)31/h18-19,21-26H,3-17,20H2,1-2H3. The Bertz CT molecular complexity index is 742. The number of hydrogen-bond donors (Lipinski definition) is 0. The number of benzene rings is 1. The summed E-state index contributed by atoms with van der Waals surface area (Å²) in [6.07, 6.45) is 18.0. The molecule has 3 fully saturated rings. The van der Waals surface area contributed by atoms with Crippen molar-refractivity contribution in [2.45, 2.75) is 116 Å². The van der Waals surface area contributed by atoms with Crippen LogP contribution in [0, 0.1) is 35.3 Å². The maximum Gasteiger partial charge on any atom is 0.200 e. The highest BCUT2D eigenvalue weighted by atomic mass is 19.2.